The molecule has 0 aliphatic heterocycles. The second-order valence-corrected chi connectivity index (χ2v) is 4.42. The lowest BCUT2D eigenvalue weighted by Crippen LogP contribution is -2.06. The van der Waals surface area contributed by atoms with Gasteiger partial charge in [0.2, 0.25) is 0 Å². The molecular weight excluding hydrogens is 162 g/mol. The van der Waals surface area contributed by atoms with Gasteiger partial charge in [-0.15, -0.1) is 0 Å². The highest BCUT2D eigenvalue weighted by molar-refractivity contribution is 5.38. The summed E-state index contributed by atoms with van der Waals surface area (Å²) in [7, 11) is 0. The van der Waals surface area contributed by atoms with E-state index in [-0.39, 0.29) is 11.5 Å². The molecule has 0 saturated heterocycles. The van der Waals surface area contributed by atoms with Crippen molar-refractivity contribution in [2.45, 2.75) is 25.8 Å². The fourth-order valence-electron chi connectivity index (χ4n) is 2.03. The standard InChI is InChI=1S/C11H15NO/c1-11(2)9(10(11)12)7-4-3-5-8(13)6-7/h3-6,9-10,13H,12H2,1-2H3/t9-,10-/m1/s1. The van der Waals surface area contributed by atoms with Crippen LogP contribution >= 0.6 is 0 Å². The zero-order valence-electron chi connectivity index (χ0n) is 7.99. The van der Waals surface area contributed by atoms with Crippen LogP contribution in [0.2, 0.25) is 0 Å². The Balaban J connectivity index is 2.29. The largest absolute Gasteiger partial charge is 0.508 e. The molecule has 1 aliphatic rings. The van der Waals surface area contributed by atoms with Crippen LogP contribution in [0, 0.1) is 5.41 Å². The highest BCUT2D eigenvalue weighted by Gasteiger charge is 2.56. The third-order valence-electron chi connectivity index (χ3n) is 3.14. The molecule has 2 rings (SSSR count). The SMILES string of the molecule is CC1(C)[C@H](N)[C@H]1c1cccc(O)c1. The van der Waals surface area contributed by atoms with Crippen molar-refractivity contribution in [1.82, 2.24) is 0 Å². The summed E-state index contributed by atoms with van der Waals surface area (Å²) in [6.07, 6.45) is 0. The van der Waals surface area contributed by atoms with Crippen molar-refractivity contribution < 1.29 is 5.11 Å². The van der Waals surface area contributed by atoms with E-state index < -0.39 is 0 Å². The molecular formula is C11H15NO. The molecule has 1 fully saturated rings. The number of aromatic hydroxyl groups is 1. The molecule has 1 aromatic carbocycles. The first-order valence-corrected chi connectivity index (χ1v) is 4.58. The summed E-state index contributed by atoms with van der Waals surface area (Å²) in [6, 6.07) is 7.61. The molecule has 0 unspecified atom stereocenters. The van der Waals surface area contributed by atoms with Crippen LogP contribution in [0.3, 0.4) is 0 Å². The van der Waals surface area contributed by atoms with E-state index in [1.165, 1.54) is 0 Å². The number of phenolic OH excluding ortho intramolecular Hbond substituents is 1. The fourth-order valence-corrected chi connectivity index (χ4v) is 2.03. The molecule has 0 bridgehead atoms. The van der Waals surface area contributed by atoms with E-state index in [0.29, 0.717) is 11.7 Å². The Hall–Kier alpha value is -1.02. The summed E-state index contributed by atoms with van der Waals surface area (Å²) in [4.78, 5) is 0. The quantitative estimate of drug-likeness (QED) is 0.687. The van der Waals surface area contributed by atoms with Gasteiger partial charge >= 0.3 is 0 Å². The Labute approximate surface area is 78.4 Å². The fraction of sp³-hybridized carbons (Fsp3) is 0.455. The predicted octanol–water partition coefficient (Wildman–Crippen LogP) is 1.84. The Morgan fingerprint density at radius 2 is 2.00 bits per heavy atom. The number of nitrogens with two attached hydrogens (primary N) is 1. The van der Waals surface area contributed by atoms with Crippen molar-refractivity contribution in [3.05, 3.63) is 29.8 Å². The van der Waals surface area contributed by atoms with Crippen molar-refractivity contribution in [2.75, 3.05) is 0 Å². The van der Waals surface area contributed by atoms with Gasteiger partial charge in [0, 0.05) is 12.0 Å². The zero-order chi connectivity index (χ0) is 9.64. The third-order valence-corrected chi connectivity index (χ3v) is 3.14. The predicted molar refractivity (Wildman–Crippen MR) is 52.6 cm³/mol. The minimum absolute atomic E-state index is 0.188. The van der Waals surface area contributed by atoms with Crippen molar-refractivity contribution in [3.8, 4) is 5.75 Å². The van der Waals surface area contributed by atoms with Gasteiger partial charge in [-0.05, 0) is 23.1 Å². The molecule has 0 amide bonds. The average Bonchev–Trinajstić information content (AvgIpc) is 2.51. The van der Waals surface area contributed by atoms with E-state index >= 15 is 0 Å². The number of hydrogen-bond donors (Lipinski definition) is 2. The highest BCUT2D eigenvalue weighted by Crippen LogP contribution is 2.57. The molecule has 3 N–H and O–H groups in total. The van der Waals surface area contributed by atoms with Gasteiger partial charge < -0.3 is 10.8 Å². The summed E-state index contributed by atoms with van der Waals surface area (Å²) >= 11 is 0. The van der Waals surface area contributed by atoms with Crippen LogP contribution < -0.4 is 5.73 Å². The second-order valence-electron chi connectivity index (χ2n) is 4.42. The topological polar surface area (TPSA) is 46.2 Å². The summed E-state index contributed by atoms with van der Waals surface area (Å²) in [5, 5.41) is 9.31. The Morgan fingerprint density at radius 3 is 2.46 bits per heavy atom. The maximum Gasteiger partial charge on any atom is 0.115 e. The van der Waals surface area contributed by atoms with Crippen molar-refractivity contribution >= 4 is 0 Å². The molecule has 1 aromatic rings. The molecule has 0 spiro atoms. The molecule has 0 radical (unpaired) electrons. The highest BCUT2D eigenvalue weighted by atomic mass is 16.3. The van der Waals surface area contributed by atoms with Gasteiger partial charge in [0.25, 0.3) is 0 Å². The van der Waals surface area contributed by atoms with Gasteiger partial charge in [-0.3, -0.25) is 0 Å². The van der Waals surface area contributed by atoms with Crippen molar-refractivity contribution in [1.29, 1.82) is 0 Å². The van der Waals surface area contributed by atoms with Crippen LogP contribution in [0.1, 0.15) is 25.3 Å². The smallest absolute Gasteiger partial charge is 0.115 e. The van der Waals surface area contributed by atoms with Crippen LogP contribution in [-0.4, -0.2) is 11.1 Å². The molecule has 0 aromatic heterocycles. The molecule has 0 heterocycles. The van der Waals surface area contributed by atoms with Gasteiger partial charge in [-0.25, -0.2) is 0 Å². The van der Waals surface area contributed by atoms with Gasteiger partial charge in [-0.1, -0.05) is 26.0 Å². The van der Waals surface area contributed by atoms with E-state index in [1.54, 1.807) is 12.1 Å². The Bertz CT molecular complexity index is 333. The minimum atomic E-state index is 0.188. The zero-order valence-corrected chi connectivity index (χ0v) is 7.99. The van der Waals surface area contributed by atoms with E-state index in [4.69, 9.17) is 5.73 Å². The summed E-state index contributed by atoms with van der Waals surface area (Å²) in [5.74, 6) is 0.729. The monoisotopic (exact) mass is 177 g/mol. The van der Waals surface area contributed by atoms with E-state index in [9.17, 15) is 5.11 Å². The molecule has 1 saturated carbocycles. The summed E-state index contributed by atoms with van der Waals surface area (Å²) < 4.78 is 0. The van der Waals surface area contributed by atoms with Gasteiger partial charge in [0.1, 0.15) is 5.75 Å². The van der Waals surface area contributed by atoms with Crippen molar-refractivity contribution in [3.63, 3.8) is 0 Å². The minimum Gasteiger partial charge on any atom is -0.508 e. The summed E-state index contributed by atoms with van der Waals surface area (Å²) in [5.41, 5.74) is 7.28. The van der Waals surface area contributed by atoms with Crippen LogP contribution in [0.25, 0.3) is 0 Å². The van der Waals surface area contributed by atoms with Crippen LogP contribution in [0.5, 0.6) is 5.75 Å². The Morgan fingerprint density at radius 1 is 1.38 bits per heavy atom. The van der Waals surface area contributed by atoms with Crippen LogP contribution in [-0.2, 0) is 0 Å². The van der Waals surface area contributed by atoms with Crippen LogP contribution in [0.15, 0.2) is 24.3 Å². The molecule has 2 nitrogen and oxygen atoms in total. The molecule has 1 aliphatic carbocycles. The summed E-state index contributed by atoms with van der Waals surface area (Å²) in [6.45, 7) is 4.32. The lowest BCUT2D eigenvalue weighted by Gasteiger charge is -2.02. The molecule has 70 valence electrons. The normalized spacial score (nSPS) is 30.1. The number of rotatable bonds is 1. The third kappa shape index (κ3) is 1.22. The van der Waals surface area contributed by atoms with Gasteiger partial charge in [-0.2, -0.15) is 0 Å². The maximum absolute atomic E-state index is 9.31. The first-order valence-electron chi connectivity index (χ1n) is 4.58. The van der Waals surface area contributed by atoms with Gasteiger partial charge in [0.05, 0.1) is 0 Å². The molecule has 13 heavy (non-hydrogen) atoms. The second kappa shape index (κ2) is 2.48. The van der Waals surface area contributed by atoms with E-state index in [0.717, 1.165) is 5.56 Å². The average molecular weight is 177 g/mol. The van der Waals surface area contributed by atoms with E-state index in [2.05, 4.69) is 13.8 Å². The van der Waals surface area contributed by atoms with Crippen LogP contribution in [0.4, 0.5) is 0 Å². The number of phenols is 1. The molecule has 2 atom stereocenters. The lowest BCUT2D eigenvalue weighted by molar-refractivity contribution is 0.474. The Kier molecular flexibility index (Phi) is 1.64. The molecule has 2 heteroatoms. The van der Waals surface area contributed by atoms with E-state index in [1.807, 2.05) is 12.1 Å². The lowest BCUT2D eigenvalue weighted by atomic mass is 10.0. The number of benzene rings is 1. The maximum atomic E-state index is 9.31. The van der Waals surface area contributed by atoms with Crippen molar-refractivity contribution in [2.24, 2.45) is 11.1 Å². The first kappa shape index (κ1) is 8.57. The number of hydrogen-bond acceptors (Lipinski definition) is 2. The first-order chi connectivity index (χ1) is 6.03. The van der Waals surface area contributed by atoms with Gasteiger partial charge in [0.15, 0.2) is 0 Å².